The molecule has 1 N–H and O–H groups in total. The van der Waals surface area contributed by atoms with E-state index in [1.165, 1.54) is 12.1 Å². The van der Waals surface area contributed by atoms with E-state index in [4.69, 9.17) is 4.74 Å². The summed E-state index contributed by atoms with van der Waals surface area (Å²) < 4.78 is 31.5. The van der Waals surface area contributed by atoms with Gasteiger partial charge in [0.25, 0.3) is 0 Å². The van der Waals surface area contributed by atoms with Crippen molar-refractivity contribution in [2.24, 2.45) is 5.41 Å². The minimum atomic E-state index is -0.508. The summed E-state index contributed by atoms with van der Waals surface area (Å²) in [6.45, 7) is 6.53. The van der Waals surface area contributed by atoms with Crippen LogP contribution in [0.1, 0.15) is 32.3 Å². The van der Waals surface area contributed by atoms with Crippen LogP contribution >= 0.6 is 0 Å². The zero-order valence-electron chi connectivity index (χ0n) is 12.6. The van der Waals surface area contributed by atoms with Crippen molar-refractivity contribution in [3.63, 3.8) is 0 Å². The zero-order valence-corrected chi connectivity index (χ0v) is 12.6. The maximum atomic E-state index is 13.3. The molecule has 0 bridgehead atoms. The van der Waals surface area contributed by atoms with Crippen LogP contribution < -0.4 is 5.32 Å². The number of hydrogen-bond donors (Lipinski definition) is 1. The number of methoxy groups -OCH3 is 1. The SMILES string of the molecule is CCCC(C)(CNCCOC)Cc1cc(F)cc(F)c1. The van der Waals surface area contributed by atoms with Crippen LogP contribution in [0.15, 0.2) is 18.2 Å². The molecule has 20 heavy (non-hydrogen) atoms. The summed E-state index contributed by atoms with van der Waals surface area (Å²) in [7, 11) is 1.67. The molecule has 0 saturated heterocycles. The van der Waals surface area contributed by atoms with Gasteiger partial charge in [-0.1, -0.05) is 20.3 Å². The Morgan fingerprint density at radius 2 is 1.85 bits per heavy atom. The molecule has 0 amide bonds. The first kappa shape index (κ1) is 17.1. The molecular formula is C16H25F2NO. The van der Waals surface area contributed by atoms with Gasteiger partial charge in [0.1, 0.15) is 11.6 Å². The second-order valence-corrected chi connectivity index (χ2v) is 5.68. The van der Waals surface area contributed by atoms with Crippen molar-refractivity contribution < 1.29 is 13.5 Å². The minimum absolute atomic E-state index is 0.0112. The molecule has 1 unspecified atom stereocenters. The molecule has 114 valence electrons. The molecule has 0 heterocycles. The van der Waals surface area contributed by atoms with E-state index in [9.17, 15) is 8.78 Å². The van der Waals surface area contributed by atoms with Crippen LogP contribution in [0, 0.1) is 17.0 Å². The van der Waals surface area contributed by atoms with E-state index < -0.39 is 11.6 Å². The Morgan fingerprint density at radius 1 is 1.20 bits per heavy atom. The van der Waals surface area contributed by atoms with Gasteiger partial charge >= 0.3 is 0 Å². The van der Waals surface area contributed by atoms with Crippen LogP contribution in [0.5, 0.6) is 0 Å². The summed E-state index contributed by atoms with van der Waals surface area (Å²) >= 11 is 0. The van der Waals surface area contributed by atoms with Crippen molar-refractivity contribution in [1.82, 2.24) is 5.32 Å². The Kier molecular flexibility index (Phi) is 7.10. The molecule has 4 heteroatoms. The van der Waals surface area contributed by atoms with Crippen molar-refractivity contribution in [2.75, 3.05) is 26.8 Å². The normalized spacial score (nSPS) is 14.2. The van der Waals surface area contributed by atoms with E-state index in [1.807, 2.05) is 0 Å². The Bertz CT molecular complexity index is 391. The van der Waals surface area contributed by atoms with Gasteiger partial charge in [0.05, 0.1) is 6.61 Å². The van der Waals surface area contributed by atoms with Crippen LogP contribution in [0.4, 0.5) is 8.78 Å². The molecule has 0 fully saturated rings. The highest BCUT2D eigenvalue weighted by Gasteiger charge is 2.24. The Morgan fingerprint density at radius 3 is 2.40 bits per heavy atom. The summed E-state index contributed by atoms with van der Waals surface area (Å²) in [6, 6.07) is 3.76. The van der Waals surface area contributed by atoms with Crippen LogP contribution in [-0.4, -0.2) is 26.8 Å². The highest BCUT2D eigenvalue weighted by molar-refractivity contribution is 5.19. The fourth-order valence-corrected chi connectivity index (χ4v) is 2.61. The number of ether oxygens (including phenoxy) is 1. The van der Waals surface area contributed by atoms with Crippen LogP contribution in [0.3, 0.4) is 0 Å². The molecule has 2 nitrogen and oxygen atoms in total. The third kappa shape index (κ3) is 5.97. The van der Waals surface area contributed by atoms with Crippen molar-refractivity contribution >= 4 is 0 Å². The van der Waals surface area contributed by atoms with Gasteiger partial charge in [0.2, 0.25) is 0 Å². The molecule has 1 aromatic carbocycles. The van der Waals surface area contributed by atoms with Gasteiger partial charge in [0.15, 0.2) is 0 Å². The average Bonchev–Trinajstić information content (AvgIpc) is 2.33. The quantitative estimate of drug-likeness (QED) is 0.701. The first-order valence-corrected chi connectivity index (χ1v) is 7.14. The lowest BCUT2D eigenvalue weighted by Gasteiger charge is -2.30. The summed E-state index contributed by atoms with van der Waals surface area (Å²) in [6.07, 6.45) is 2.71. The zero-order chi connectivity index (χ0) is 15.0. The summed E-state index contributed by atoms with van der Waals surface area (Å²) in [4.78, 5) is 0. The fourth-order valence-electron chi connectivity index (χ4n) is 2.61. The molecule has 1 rings (SSSR count). The van der Waals surface area contributed by atoms with E-state index in [0.29, 0.717) is 18.6 Å². The molecule has 0 aromatic heterocycles. The number of rotatable bonds is 9. The third-order valence-corrected chi connectivity index (χ3v) is 3.44. The molecule has 1 aromatic rings. The summed E-state index contributed by atoms with van der Waals surface area (Å²) in [5, 5.41) is 3.35. The maximum Gasteiger partial charge on any atom is 0.126 e. The van der Waals surface area contributed by atoms with E-state index in [-0.39, 0.29) is 5.41 Å². The number of halogens is 2. The van der Waals surface area contributed by atoms with Gasteiger partial charge in [-0.3, -0.25) is 0 Å². The van der Waals surface area contributed by atoms with E-state index in [1.54, 1.807) is 7.11 Å². The summed E-state index contributed by atoms with van der Waals surface area (Å²) in [5.74, 6) is -1.02. The van der Waals surface area contributed by atoms with Gasteiger partial charge in [-0.15, -0.1) is 0 Å². The molecule has 0 aliphatic heterocycles. The molecule has 1 atom stereocenters. The van der Waals surface area contributed by atoms with Gasteiger partial charge in [-0.25, -0.2) is 8.78 Å². The third-order valence-electron chi connectivity index (χ3n) is 3.44. The Balaban J connectivity index is 2.68. The Hall–Kier alpha value is -1.00. The highest BCUT2D eigenvalue weighted by atomic mass is 19.1. The molecule has 0 aliphatic rings. The fraction of sp³-hybridized carbons (Fsp3) is 0.625. The molecule has 0 aliphatic carbocycles. The van der Waals surface area contributed by atoms with Gasteiger partial charge in [-0.05, 0) is 36.0 Å². The van der Waals surface area contributed by atoms with Gasteiger partial charge < -0.3 is 10.1 Å². The van der Waals surface area contributed by atoms with E-state index in [2.05, 4.69) is 19.2 Å². The molecule has 0 spiro atoms. The average molecular weight is 285 g/mol. The second kappa shape index (κ2) is 8.32. The van der Waals surface area contributed by atoms with Gasteiger partial charge in [-0.2, -0.15) is 0 Å². The van der Waals surface area contributed by atoms with E-state index in [0.717, 1.165) is 32.0 Å². The molecule has 0 saturated carbocycles. The lowest BCUT2D eigenvalue weighted by atomic mass is 9.79. The smallest absolute Gasteiger partial charge is 0.126 e. The van der Waals surface area contributed by atoms with Crippen molar-refractivity contribution in [2.45, 2.75) is 33.1 Å². The Labute approximate surface area is 120 Å². The molecular weight excluding hydrogens is 260 g/mol. The lowest BCUT2D eigenvalue weighted by molar-refractivity contribution is 0.190. The predicted molar refractivity (Wildman–Crippen MR) is 77.8 cm³/mol. The number of hydrogen-bond acceptors (Lipinski definition) is 2. The highest BCUT2D eigenvalue weighted by Crippen LogP contribution is 2.28. The first-order valence-electron chi connectivity index (χ1n) is 7.14. The van der Waals surface area contributed by atoms with E-state index >= 15 is 0 Å². The largest absolute Gasteiger partial charge is 0.383 e. The first-order chi connectivity index (χ1) is 9.49. The van der Waals surface area contributed by atoms with Crippen molar-refractivity contribution in [3.8, 4) is 0 Å². The number of benzene rings is 1. The minimum Gasteiger partial charge on any atom is -0.383 e. The van der Waals surface area contributed by atoms with Crippen LogP contribution in [0.2, 0.25) is 0 Å². The van der Waals surface area contributed by atoms with Crippen molar-refractivity contribution in [1.29, 1.82) is 0 Å². The van der Waals surface area contributed by atoms with Crippen LogP contribution in [0.25, 0.3) is 0 Å². The number of nitrogens with one attached hydrogen (secondary N) is 1. The van der Waals surface area contributed by atoms with Crippen molar-refractivity contribution in [3.05, 3.63) is 35.4 Å². The standard InChI is InChI=1S/C16H25F2NO/c1-4-5-16(2,12-19-6-7-20-3)11-13-8-14(17)10-15(18)9-13/h8-10,19H,4-7,11-12H2,1-3H3. The maximum absolute atomic E-state index is 13.3. The monoisotopic (exact) mass is 285 g/mol. The lowest BCUT2D eigenvalue weighted by Crippen LogP contribution is -2.35. The van der Waals surface area contributed by atoms with Gasteiger partial charge in [0, 0.05) is 26.3 Å². The van der Waals surface area contributed by atoms with Crippen LogP contribution in [-0.2, 0) is 11.2 Å². The predicted octanol–water partition coefficient (Wildman–Crippen LogP) is 3.55. The molecule has 0 radical (unpaired) electrons. The second-order valence-electron chi connectivity index (χ2n) is 5.68. The topological polar surface area (TPSA) is 21.3 Å². The summed E-state index contributed by atoms with van der Waals surface area (Å²) in [5.41, 5.74) is 0.704.